The molecule has 3 fully saturated rings. The van der Waals surface area contributed by atoms with Crippen LogP contribution in [0.2, 0.25) is 0 Å². The second kappa shape index (κ2) is 11.6. The van der Waals surface area contributed by atoms with Gasteiger partial charge in [-0.05, 0) is 36.2 Å². The van der Waals surface area contributed by atoms with Crippen LogP contribution in [-0.4, -0.2) is 110 Å². The van der Waals surface area contributed by atoms with Gasteiger partial charge in [0, 0.05) is 71.1 Å². The normalized spacial score (nSPS) is 23.7. The monoisotopic (exact) mass is 494 g/mol. The molecule has 194 valence electrons. The Morgan fingerprint density at radius 2 is 1.61 bits per heavy atom. The molecule has 0 unspecified atom stereocenters. The summed E-state index contributed by atoms with van der Waals surface area (Å²) in [5.41, 5.74) is 1.81. The molecular formula is C28H38N4O4. The number of benzene rings is 2. The average molecular weight is 495 g/mol. The highest BCUT2D eigenvalue weighted by Crippen LogP contribution is 2.26. The van der Waals surface area contributed by atoms with Gasteiger partial charge in [0.15, 0.2) is 6.61 Å². The zero-order chi connectivity index (χ0) is 24.8. The van der Waals surface area contributed by atoms with Gasteiger partial charge in [-0.3, -0.25) is 14.6 Å². The number of likely N-dealkylation sites (tertiary alicyclic amines) is 1. The first-order valence-electron chi connectivity index (χ1n) is 13.1. The summed E-state index contributed by atoms with van der Waals surface area (Å²) in [7, 11) is 0. The van der Waals surface area contributed by atoms with Gasteiger partial charge in [0.1, 0.15) is 5.75 Å². The fourth-order valence-corrected chi connectivity index (χ4v) is 5.42. The second-order valence-electron chi connectivity index (χ2n) is 10.2. The van der Waals surface area contributed by atoms with Crippen LogP contribution in [0.3, 0.4) is 0 Å². The molecule has 0 bridgehead atoms. The number of carbonyl (C=O) groups excluding carboxylic acids is 1. The van der Waals surface area contributed by atoms with E-state index >= 15 is 0 Å². The number of carbonyl (C=O) groups is 1. The molecule has 0 radical (unpaired) electrons. The first-order chi connectivity index (χ1) is 17.6. The van der Waals surface area contributed by atoms with Gasteiger partial charge in [0.25, 0.3) is 5.91 Å². The molecule has 1 atom stereocenters. The van der Waals surface area contributed by atoms with Crippen LogP contribution in [-0.2, 0) is 16.1 Å². The number of amides is 1. The number of hydrogen-bond donors (Lipinski definition) is 1. The third-order valence-corrected chi connectivity index (χ3v) is 7.48. The van der Waals surface area contributed by atoms with Gasteiger partial charge in [-0.25, -0.2) is 0 Å². The molecule has 5 rings (SSSR count). The molecule has 2 aromatic rings. The summed E-state index contributed by atoms with van der Waals surface area (Å²) >= 11 is 0. The van der Waals surface area contributed by atoms with E-state index in [1.807, 2.05) is 12.1 Å². The van der Waals surface area contributed by atoms with Gasteiger partial charge in [-0.1, -0.05) is 30.3 Å². The standard InChI is InChI=1S/C28H38N4O4/c33-27(32-16-18-35-19-17-32)21-36-26-8-6-24(7-9-26)20-30-11-10-28(34,23-30)22-29-12-14-31(15-13-29)25-4-2-1-3-5-25/h1-9,34H,10-23H2/t28-/m1/s1. The van der Waals surface area contributed by atoms with E-state index in [1.54, 1.807) is 4.90 Å². The van der Waals surface area contributed by atoms with E-state index in [0.29, 0.717) is 38.6 Å². The van der Waals surface area contributed by atoms with Gasteiger partial charge in [0.2, 0.25) is 0 Å². The molecule has 8 heteroatoms. The van der Waals surface area contributed by atoms with E-state index in [0.717, 1.165) is 52.2 Å². The van der Waals surface area contributed by atoms with Crippen LogP contribution < -0.4 is 9.64 Å². The number of nitrogens with zero attached hydrogens (tertiary/aromatic N) is 4. The number of piperazine rings is 1. The number of β-amino-alcohol motifs (C(OH)–C–C–N with tert-alkyl or cyclic N) is 1. The van der Waals surface area contributed by atoms with Crippen LogP contribution in [0.15, 0.2) is 54.6 Å². The summed E-state index contributed by atoms with van der Waals surface area (Å²) in [4.78, 5) is 21.2. The number of hydrogen-bond acceptors (Lipinski definition) is 7. The Morgan fingerprint density at radius 3 is 2.33 bits per heavy atom. The third kappa shape index (κ3) is 6.56. The topological polar surface area (TPSA) is 68.7 Å². The van der Waals surface area contributed by atoms with Gasteiger partial charge >= 0.3 is 0 Å². The lowest BCUT2D eigenvalue weighted by Gasteiger charge is -2.39. The highest BCUT2D eigenvalue weighted by Gasteiger charge is 2.38. The molecule has 0 saturated carbocycles. The van der Waals surface area contributed by atoms with Crippen LogP contribution in [0.5, 0.6) is 5.75 Å². The summed E-state index contributed by atoms with van der Waals surface area (Å²) in [6.45, 7) is 9.58. The summed E-state index contributed by atoms with van der Waals surface area (Å²) in [5, 5.41) is 11.3. The van der Waals surface area contributed by atoms with Crippen molar-refractivity contribution >= 4 is 11.6 Å². The molecule has 0 aromatic heterocycles. The Hall–Kier alpha value is -2.65. The second-order valence-corrected chi connectivity index (χ2v) is 10.2. The lowest BCUT2D eigenvalue weighted by atomic mass is 10.0. The van der Waals surface area contributed by atoms with Crippen LogP contribution in [0.25, 0.3) is 0 Å². The van der Waals surface area contributed by atoms with Crippen molar-refractivity contribution in [3.8, 4) is 5.75 Å². The van der Waals surface area contributed by atoms with Crippen molar-refractivity contribution in [2.75, 3.05) is 83.6 Å². The fraction of sp³-hybridized carbons (Fsp3) is 0.536. The summed E-state index contributed by atoms with van der Waals surface area (Å²) < 4.78 is 11.0. The maximum Gasteiger partial charge on any atom is 0.260 e. The van der Waals surface area contributed by atoms with Crippen molar-refractivity contribution in [2.45, 2.75) is 18.6 Å². The van der Waals surface area contributed by atoms with Gasteiger partial charge in [0.05, 0.1) is 18.8 Å². The maximum absolute atomic E-state index is 12.3. The predicted octanol–water partition coefficient (Wildman–Crippen LogP) is 1.68. The van der Waals surface area contributed by atoms with Crippen LogP contribution in [0.4, 0.5) is 5.69 Å². The Balaban J connectivity index is 1.04. The van der Waals surface area contributed by atoms with Gasteiger partial charge < -0.3 is 24.4 Å². The zero-order valence-electron chi connectivity index (χ0n) is 21.1. The molecule has 3 saturated heterocycles. The molecule has 8 nitrogen and oxygen atoms in total. The first kappa shape index (κ1) is 25.0. The van der Waals surface area contributed by atoms with E-state index in [4.69, 9.17) is 9.47 Å². The Morgan fingerprint density at radius 1 is 0.889 bits per heavy atom. The molecule has 3 aliphatic heterocycles. The minimum atomic E-state index is -0.655. The predicted molar refractivity (Wildman–Crippen MR) is 139 cm³/mol. The van der Waals surface area contributed by atoms with Crippen LogP contribution in [0.1, 0.15) is 12.0 Å². The van der Waals surface area contributed by atoms with E-state index in [1.165, 1.54) is 11.3 Å². The molecular weight excluding hydrogens is 456 g/mol. The van der Waals surface area contributed by atoms with Crippen molar-refractivity contribution < 1.29 is 19.4 Å². The smallest absolute Gasteiger partial charge is 0.260 e. The van der Waals surface area contributed by atoms with Crippen LogP contribution >= 0.6 is 0 Å². The molecule has 1 N–H and O–H groups in total. The van der Waals surface area contributed by atoms with E-state index in [9.17, 15) is 9.90 Å². The minimum absolute atomic E-state index is 0.000193. The SMILES string of the molecule is O=C(COc1ccc(CN2CC[C@@](O)(CN3CCN(c4ccccc4)CC3)C2)cc1)N1CCOCC1. The number of para-hydroxylation sites is 1. The number of aliphatic hydroxyl groups is 1. The van der Waals surface area contributed by atoms with E-state index < -0.39 is 5.60 Å². The quantitative estimate of drug-likeness (QED) is 0.599. The molecule has 36 heavy (non-hydrogen) atoms. The molecule has 2 aromatic carbocycles. The number of anilines is 1. The Labute approximate surface area is 214 Å². The molecule has 1 amide bonds. The Bertz CT molecular complexity index is 975. The number of ether oxygens (including phenoxy) is 2. The summed E-state index contributed by atoms with van der Waals surface area (Å²) in [6, 6.07) is 18.5. The van der Waals surface area contributed by atoms with Crippen molar-refractivity contribution in [2.24, 2.45) is 0 Å². The average Bonchev–Trinajstić information content (AvgIpc) is 3.29. The summed E-state index contributed by atoms with van der Waals surface area (Å²) in [5.74, 6) is 0.702. The molecule has 0 spiro atoms. The number of rotatable bonds is 8. The zero-order valence-corrected chi connectivity index (χ0v) is 21.1. The third-order valence-electron chi connectivity index (χ3n) is 7.48. The molecule has 3 heterocycles. The van der Waals surface area contributed by atoms with Gasteiger partial charge in [-0.2, -0.15) is 0 Å². The largest absolute Gasteiger partial charge is 0.484 e. The Kier molecular flexibility index (Phi) is 8.06. The van der Waals surface area contributed by atoms with E-state index in [-0.39, 0.29) is 12.5 Å². The highest BCUT2D eigenvalue weighted by atomic mass is 16.5. The lowest BCUT2D eigenvalue weighted by molar-refractivity contribution is -0.137. The lowest BCUT2D eigenvalue weighted by Crippen LogP contribution is -2.52. The van der Waals surface area contributed by atoms with Gasteiger partial charge in [-0.15, -0.1) is 0 Å². The van der Waals surface area contributed by atoms with Crippen molar-refractivity contribution in [3.63, 3.8) is 0 Å². The van der Waals surface area contributed by atoms with E-state index in [2.05, 4.69) is 57.2 Å². The fourth-order valence-electron chi connectivity index (χ4n) is 5.42. The molecule has 0 aliphatic carbocycles. The number of morpholine rings is 1. The maximum atomic E-state index is 12.3. The minimum Gasteiger partial charge on any atom is -0.484 e. The van der Waals surface area contributed by atoms with Crippen molar-refractivity contribution in [1.29, 1.82) is 0 Å². The molecule has 3 aliphatic rings. The highest BCUT2D eigenvalue weighted by molar-refractivity contribution is 5.77. The summed E-state index contributed by atoms with van der Waals surface area (Å²) in [6.07, 6.45) is 0.802. The van der Waals surface area contributed by atoms with Crippen molar-refractivity contribution in [3.05, 3.63) is 60.2 Å². The first-order valence-corrected chi connectivity index (χ1v) is 13.1. The van der Waals surface area contributed by atoms with Crippen LogP contribution in [0, 0.1) is 0 Å². The van der Waals surface area contributed by atoms with Crippen molar-refractivity contribution in [1.82, 2.24) is 14.7 Å².